The topological polar surface area (TPSA) is 71.8 Å². The van der Waals surface area contributed by atoms with Crippen molar-refractivity contribution < 1.29 is 4.79 Å². The molecular formula is C20H23N5OS. The molecule has 4 rings (SSSR count). The number of anilines is 1. The van der Waals surface area contributed by atoms with E-state index in [2.05, 4.69) is 20.7 Å². The lowest BCUT2D eigenvalue weighted by molar-refractivity contribution is -0.116. The second kappa shape index (κ2) is 8.45. The summed E-state index contributed by atoms with van der Waals surface area (Å²) in [6.07, 6.45) is 9.07. The molecular weight excluding hydrogens is 358 g/mol. The van der Waals surface area contributed by atoms with Gasteiger partial charge in [0.2, 0.25) is 5.91 Å². The highest BCUT2D eigenvalue weighted by atomic mass is 32.1. The van der Waals surface area contributed by atoms with Crippen molar-refractivity contribution in [1.29, 1.82) is 0 Å². The van der Waals surface area contributed by atoms with Gasteiger partial charge in [0, 0.05) is 23.7 Å². The van der Waals surface area contributed by atoms with E-state index in [4.69, 9.17) is 0 Å². The van der Waals surface area contributed by atoms with E-state index >= 15 is 0 Å². The van der Waals surface area contributed by atoms with Crippen LogP contribution in [0.25, 0.3) is 5.69 Å². The number of carbonyl (C=O) groups is 1. The summed E-state index contributed by atoms with van der Waals surface area (Å²) in [5.41, 5.74) is 2.06. The highest BCUT2D eigenvalue weighted by molar-refractivity contribution is 7.15. The van der Waals surface area contributed by atoms with Crippen LogP contribution in [0.3, 0.4) is 0 Å². The average Bonchev–Trinajstić information content (AvgIpc) is 3.37. The standard InChI is InChI=1S/C20H23N5OS/c26-19(24-20-22-13-18(27-20)16-8-10-21-11-9-16)7-6-15-12-23-25(14-15)17-4-2-1-3-5-17/h1-5,12-14,16,21H,6-11H2,(H,22,24,26). The Kier molecular flexibility index (Phi) is 5.60. The third kappa shape index (κ3) is 4.61. The molecule has 2 aromatic heterocycles. The predicted molar refractivity (Wildman–Crippen MR) is 107 cm³/mol. The first-order valence-electron chi connectivity index (χ1n) is 9.33. The first-order valence-corrected chi connectivity index (χ1v) is 10.1. The molecule has 6 nitrogen and oxygen atoms in total. The number of piperidine rings is 1. The minimum atomic E-state index is -0.00586. The Balaban J connectivity index is 1.29. The van der Waals surface area contributed by atoms with E-state index in [0.29, 0.717) is 23.9 Å². The Labute approximate surface area is 162 Å². The lowest BCUT2D eigenvalue weighted by Gasteiger charge is -2.20. The van der Waals surface area contributed by atoms with Crippen LogP contribution in [0.1, 0.15) is 35.6 Å². The van der Waals surface area contributed by atoms with Crippen LogP contribution in [0.15, 0.2) is 48.9 Å². The molecule has 7 heteroatoms. The quantitative estimate of drug-likeness (QED) is 0.687. The van der Waals surface area contributed by atoms with Gasteiger partial charge in [-0.3, -0.25) is 4.79 Å². The Hall–Kier alpha value is -2.51. The average molecular weight is 382 g/mol. The molecule has 0 unspecified atom stereocenters. The fraction of sp³-hybridized carbons (Fsp3) is 0.350. The highest BCUT2D eigenvalue weighted by Gasteiger charge is 2.18. The minimum absolute atomic E-state index is 0.00586. The maximum Gasteiger partial charge on any atom is 0.226 e. The number of thiazole rings is 1. The molecule has 1 aliphatic rings. The summed E-state index contributed by atoms with van der Waals surface area (Å²) in [5.74, 6) is 0.562. The molecule has 27 heavy (non-hydrogen) atoms. The number of carbonyl (C=O) groups excluding carboxylic acids is 1. The van der Waals surface area contributed by atoms with Crippen molar-refractivity contribution in [2.24, 2.45) is 0 Å². The smallest absolute Gasteiger partial charge is 0.226 e. The van der Waals surface area contributed by atoms with Gasteiger partial charge in [-0.1, -0.05) is 18.2 Å². The van der Waals surface area contributed by atoms with E-state index in [1.807, 2.05) is 53.6 Å². The van der Waals surface area contributed by atoms with Gasteiger partial charge in [-0.2, -0.15) is 5.10 Å². The van der Waals surface area contributed by atoms with Gasteiger partial charge in [-0.15, -0.1) is 11.3 Å². The van der Waals surface area contributed by atoms with Crippen LogP contribution < -0.4 is 10.6 Å². The molecule has 3 heterocycles. The number of nitrogens with zero attached hydrogens (tertiary/aromatic N) is 3. The SMILES string of the molecule is O=C(CCc1cnn(-c2ccccc2)c1)Nc1ncc(C2CCNCC2)s1. The van der Waals surface area contributed by atoms with E-state index in [9.17, 15) is 4.79 Å². The van der Waals surface area contributed by atoms with Gasteiger partial charge in [-0.05, 0) is 56.0 Å². The summed E-state index contributed by atoms with van der Waals surface area (Å²) < 4.78 is 1.83. The number of hydrogen-bond acceptors (Lipinski definition) is 5. The van der Waals surface area contributed by atoms with Crippen LogP contribution in [0.4, 0.5) is 5.13 Å². The van der Waals surface area contributed by atoms with Crippen LogP contribution in [0.2, 0.25) is 0 Å². The first kappa shape index (κ1) is 17.9. The van der Waals surface area contributed by atoms with Crippen molar-refractivity contribution in [3.63, 3.8) is 0 Å². The van der Waals surface area contributed by atoms with Gasteiger partial charge < -0.3 is 10.6 Å². The van der Waals surface area contributed by atoms with Gasteiger partial charge in [0.25, 0.3) is 0 Å². The van der Waals surface area contributed by atoms with Crippen molar-refractivity contribution in [2.45, 2.75) is 31.6 Å². The first-order chi connectivity index (χ1) is 13.3. The molecule has 1 aliphatic heterocycles. The number of benzene rings is 1. The van der Waals surface area contributed by atoms with Crippen molar-refractivity contribution in [2.75, 3.05) is 18.4 Å². The third-order valence-corrected chi connectivity index (χ3v) is 5.88. The van der Waals surface area contributed by atoms with Crippen molar-refractivity contribution in [3.8, 4) is 5.69 Å². The fourth-order valence-electron chi connectivity index (χ4n) is 3.29. The van der Waals surface area contributed by atoms with E-state index in [-0.39, 0.29) is 5.91 Å². The molecule has 0 saturated carbocycles. The Morgan fingerprint density at radius 3 is 2.85 bits per heavy atom. The monoisotopic (exact) mass is 381 g/mol. The molecule has 2 N–H and O–H groups in total. The van der Waals surface area contributed by atoms with Crippen molar-refractivity contribution in [1.82, 2.24) is 20.1 Å². The molecule has 1 fully saturated rings. The van der Waals surface area contributed by atoms with Crippen LogP contribution in [0.5, 0.6) is 0 Å². The van der Waals surface area contributed by atoms with Gasteiger partial charge in [0.15, 0.2) is 5.13 Å². The number of aryl methyl sites for hydroxylation is 1. The summed E-state index contributed by atoms with van der Waals surface area (Å²) in [5, 5.41) is 11.4. The number of para-hydroxylation sites is 1. The van der Waals surface area contributed by atoms with Gasteiger partial charge in [-0.25, -0.2) is 9.67 Å². The van der Waals surface area contributed by atoms with E-state index in [0.717, 1.165) is 37.2 Å². The molecule has 140 valence electrons. The zero-order chi connectivity index (χ0) is 18.5. The fourth-order valence-corrected chi connectivity index (χ4v) is 4.29. The summed E-state index contributed by atoms with van der Waals surface area (Å²) in [6.45, 7) is 2.11. The third-order valence-electron chi connectivity index (χ3n) is 4.81. The van der Waals surface area contributed by atoms with E-state index in [1.54, 1.807) is 11.3 Å². The number of nitrogens with one attached hydrogen (secondary N) is 2. The lowest BCUT2D eigenvalue weighted by atomic mass is 9.97. The summed E-state index contributed by atoms with van der Waals surface area (Å²) in [6, 6.07) is 9.96. The maximum absolute atomic E-state index is 12.3. The number of aromatic nitrogens is 3. The van der Waals surface area contributed by atoms with E-state index in [1.165, 1.54) is 4.88 Å². The minimum Gasteiger partial charge on any atom is -0.317 e. The summed E-state index contributed by atoms with van der Waals surface area (Å²) >= 11 is 1.60. The highest BCUT2D eigenvalue weighted by Crippen LogP contribution is 2.31. The molecule has 0 radical (unpaired) electrons. The van der Waals surface area contributed by atoms with Crippen LogP contribution in [-0.2, 0) is 11.2 Å². The lowest BCUT2D eigenvalue weighted by Crippen LogP contribution is -2.26. The second-order valence-electron chi connectivity index (χ2n) is 6.77. The summed E-state index contributed by atoms with van der Waals surface area (Å²) in [4.78, 5) is 17.9. The normalized spacial score (nSPS) is 15.0. The number of hydrogen-bond donors (Lipinski definition) is 2. The summed E-state index contributed by atoms with van der Waals surface area (Å²) in [7, 11) is 0. The molecule has 1 aromatic carbocycles. The Morgan fingerprint density at radius 2 is 2.04 bits per heavy atom. The second-order valence-corrected chi connectivity index (χ2v) is 7.83. The van der Waals surface area contributed by atoms with Crippen molar-refractivity contribution >= 4 is 22.4 Å². The largest absolute Gasteiger partial charge is 0.317 e. The molecule has 1 amide bonds. The van der Waals surface area contributed by atoms with Crippen LogP contribution >= 0.6 is 11.3 Å². The van der Waals surface area contributed by atoms with Gasteiger partial charge >= 0.3 is 0 Å². The molecule has 0 bridgehead atoms. The number of amides is 1. The van der Waals surface area contributed by atoms with Gasteiger partial charge in [0.05, 0.1) is 11.9 Å². The molecule has 0 atom stereocenters. The Morgan fingerprint density at radius 1 is 1.22 bits per heavy atom. The predicted octanol–water partition coefficient (Wildman–Crippen LogP) is 3.37. The number of rotatable bonds is 6. The zero-order valence-corrected chi connectivity index (χ0v) is 15.9. The maximum atomic E-state index is 12.3. The zero-order valence-electron chi connectivity index (χ0n) is 15.1. The van der Waals surface area contributed by atoms with Gasteiger partial charge in [0.1, 0.15) is 0 Å². The molecule has 3 aromatic rings. The van der Waals surface area contributed by atoms with Crippen LogP contribution in [0, 0.1) is 0 Å². The molecule has 1 saturated heterocycles. The Bertz CT molecular complexity index is 883. The van der Waals surface area contributed by atoms with Crippen LogP contribution in [-0.4, -0.2) is 33.8 Å². The molecule has 0 spiro atoms. The van der Waals surface area contributed by atoms with E-state index < -0.39 is 0 Å². The van der Waals surface area contributed by atoms with Crippen molar-refractivity contribution in [3.05, 3.63) is 59.4 Å². The molecule has 0 aliphatic carbocycles.